The lowest BCUT2D eigenvalue weighted by atomic mass is 10.0. The van der Waals surface area contributed by atoms with Gasteiger partial charge in [0.1, 0.15) is 5.92 Å². The van der Waals surface area contributed by atoms with Gasteiger partial charge in [0, 0.05) is 36.7 Å². The number of anilines is 1. The Kier molecular flexibility index (Phi) is 3.70. The van der Waals surface area contributed by atoms with Crippen LogP contribution in [0.5, 0.6) is 0 Å². The van der Waals surface area contributed by atoms with Crippen molar-refractivity contribution < 1.29 is 14.7 Å². The molecule has 108 valence electrons. The van der Waals surface area contributed by atoms with Crippen LogP contribution in [0.1, 0.15) is 22.9 Å². The Labute approximate surface area is 125 Å². The van der Waals surface area contributed by atoms with Crippen LogP contribution in [-0.4, -0.2) is 28.5 Å². The molecule has 1 N–H and O–H groups in total. The number of fused-ring (bicyclic) bond motifs is 1. The summed E-state index contributed by atoms with van der Waals surface area (Å²) in [6, 6.07) is 7.21. The summed E-state index contributed by atoms with van der Waals surface area (Å²) in [5.74, 6) is -1.58. The first-order valence-corrected chi connectivity index (χ1v) is 7.55. The Bertz CT molecular complexity index is 669. The molecule has 3 rings (SSSR count). The van der Waals surface area contributed by atoms with Crippen molar-refractivity contribution in [3.8, 4) is 0 Å². The summed E-state index contributed by atoms with van der Waals surface area (Å²) in [5.41, 5.74) is 1.43. The minimum atomic E-state index is -0.891. The van der Waals surface area contributed by atoms with E-state index >= 15 is 0 Å². The van der Waals surface area contributed by atoms with E-state index in [1.807, 2.05) is 11.4 Å². The van der Waals surface area contributed by atoms with Crippen molar-refractivity contribution in [3.05, 3.63) is 46.4 Å². The van der Waals surface area contributed by atoms with Crippen LogP contribution < -0.4 is 4.90 Å². The average Bonchev–Trinajstić information content (AvgIpc) is 3.12. The summed E-state index contributed by atoms with van der Waals surface area (Å²) >= 11 is 1.52. The van der Waals surface area contributed by atoms with Gasteiger partial charge in [-0.3, -0.25) is 9.59 Å². The highest BCUT2D eigenvalue weighted by atomic mass is 32.1. The molecule has 1 aliphatic rings. The zero-order valence-electron chi connectivity index (χ0n) is 11.2. The van der Waals surface area contributed by atoms with Gasteiger partial charge in [0.2, 0.25) is 5.91 Å². The first-order chi connectivity index (χ1) is 10.2. The average molecular weight is 302 g/mol. The topological polar surface area (TPSA) is 70.5 Å². The number of thiazole rings is 1. The first-order valence-electron chi connectivity index (χ1n) is 6.67. The molecule has 21 heavy (non-hydrogen) atoms. The third kappa shape index (κ3) is 2.67. The zero-order valence-corrected chi connectivity index (χ0v) is 12.0. The van der Waals surface area contributed by atoms with Crippen molar-refractivity contribution in [1.29, 1.82) is 0 Å². The summed E-state index contributed by atoms with van der Waals surface area (Å²) in [5, 5.41) is 12.1. The molecule has 2 heterocycles. The van der Waals surface area contributed by atoms with E-state index in [9.17, 15) is 14.7 Å². The number of aryl methyl sites for hydroxylation is 1. The van der Waals surface area contributed by atoms with Crippen LogP contribution in [0.15, 0.2) is 35.8 Å². The minimum absolute atomic E-state index is 0.0543. The highest BCUT2D eigenvalue weighted by molar-refractivity contribution is 7.09. The molecule has 5 nitrogen and oxygen atoms in total. The summed E-state index contributed by atoms with van der Waals surface area (Å²) in [6.45, 7) is 0.214. The molecule has 1 amide bonds. The van der Waals surface area contributed by atoms with E-state index in [0.29, 0.717) is 24.1 Å². The largest absolute Gasteiger partial charge is 0.481 e. The Hall–Kier alpha value is -2.21. The first kappa shape index (κ1) is 13.8. The van der Waals surface area contributed by atoms with Gasteiger partial charge in [-0.15, -0.1) is 11.3 Å². The van der Waals surface area contributed by atoms with Gasteiger partial charge < -0.3 is 10.0 Å². The maximum atomic E-state index is 12.4. The Balaban J connectivity index is 1.76. The monoisotopic (exact) mass is 302 g/mol. The van der Waals surface area contributed by atoms with Gasteiger partial charge >= 0.3 is 5.97 Å². The molecule has 0 radical (unpaired) electrons. The van der Waals surface area contributed by atoms with Crippen LogP contribution in [-0.2, 0) is 16.0 Å². The number of aliphatic carboxylic acids is 1. The van der Waals surface area contributed by atoms with Gasteiger partial charge in [-0.25, -0.2) is 4.98 Å². The quantitative estimate of drug-likeness (QED) is 0.940. The molecule has 1 aromatic heterocycles. The molecule has 1 aliphatic heterocycles. The molecule has 0 unspecified atom stereocenters. The van der Waals surface area contributed by atoms with Gasteiger partial charge in [0.15, 0.2) is 0 Å². The number of amides is 1. The molecule has 0 saturated heterocycles. The van der Waals surface area contributed by atoms with Crippen LogP contribution in [0.4, 0.5) is 5.69 Å². The predicted octanol–water partition coefficient (Wildman–Crippen LogP) is 2.29. The van der Waals surface area contributed by atoms with Crippen molar-refractivity contribution in [1.82, 2.24) is 4.98 Å². The van der Waals surface area contributed by atoms with E-state index in [2.05, 4.69) is 4.98 Å². The molecular weight excluding hydrogens is 288 g/mol. The summed E-state index contributed by atoms with van der Waals surface area (Å²) in [7, 11) is 0. The highest BCUT2D eigenvalue weighted by Crippen LogP contribution is 2.36. The lowest BCUT2D eigenvalue weighted by molar-refractivity contribution is -0.138. The number of benzene rings is 1. The van der Waals surface area contributed by atoms with E-state index in [4.69, 9.17) is 0 Å². The molecular formula is C15H14N2O3S. The van der Waals surface area contributed by atoms with E-state index in [1.165, 1.54) is 11.3 Å². The fourth-order valence-electron chi connectivity index (χ4n) is 2.58. The molecule has 6 heteroatoms. The second-order valence-corrected chi connectivity index (χ2v) is 5.86. The number of hydrogen-bond acceptors (Lipinski definition) is 4. The number of rotatable bonds is 4. The van der Waals surface area contributed by atoms with Crippen molar-refractivity contribution in [2.24, 2.45) is 0 Å². The van der Waals surface area contributed by atoms with Crippen LogP contribution in [0.25, 0.3) is 0 Å². The number of para-hydroxylation sites is 1. The summed E-state index contributed by atoms with van der Waals surface area (Å²) in [6.07, 6.45) is 2.65. The molecule has 0 bridgehead atoms. The lowest BCUT2D eigenvalue weighted by Crippen LogP contribution is -2.31. The van der Waals surface area contributed by atoms with E-state index in [1.54, 1.807) is 29.3 Å². The van der Waals surface area contributed by atoms with Gasteiger partial charge in [0.05, 0.1) is 5.01 Å². The molecule has 0 saturated carbocycles. The second-order valence-electron chi connectivity index (χ2n) is 4.88. The number of carboxylic acids is 1. The van der Waals surface area contributed by atoms with E-state index in [-0.39, 0.29) is 12.5 Å². The standard InChI is InChI=1S/C15H14N2O3S/c18-14(6-5-13-16-7-8-21-13)17-9-11(15(19)20)10-3-1-2-4-12(10)17/h1-4,7-8,11H,5-6,9H2,(H,19,20)/t11-/m0/s1. The number of carboxylic acid groups (broad SMARTS) is 1. The molecule has 1 atom stereocenters. The van der Waals surface area contributed by atoms with Crippen molar-refractivity contribution >= 4 is 28.9 Å². The fourth-order valence-corrected chi connectivity index (χ4v) is 3.20. The number of nitrogens with zero attached hydrogens (tertiary/aromatic N) is 2. The van der Waals surface area contributed by atoms with Gasteiger partial charge in [-0.2, -0.15) is 0 Å². The van der Waals surface area contributed by atoms with Gasteiger partial charge in [0.25, 0.3) is 0 Å². The summed E-state index contributed by atoms with van der Waals surface area (Å²) < 4.78 is 0. The Morgan fingerprint density at radius 1 is 1.38 bits per heavy atom. The zero-order chi connectivity index (χ0) is 14.8. The second kappa shape index (κ2) is 5.65. The van der Waals surface area contributed by atoms with Gasteiger partial charge in [-0.05, 0) is 11.6 Å². The molecule has 0 spiro atoms. The maximum absolute atomic E-state index is 12.4. The van der Waals surface area contributed by atoms with Crippen LogP contribution >= 0.6 is 11.3 Å². The summed E-state index contributed by atoms with van der Waals surface area (Å²) in [4.78, 5) is 29.5. The number of carbonyl (C=O) groups excluding carboxylic acids is 1. The molecule has 2 aromatic rings. The van der Waals surface area contributed by atoms with Crippen LogP contribution in [0, 0.1) is 0 Å². The van der Waals surface area contributed by atoms with Crippen molar-refractivity contribution in [2.75, 3.05) is 11.4 Å². The van der Waals surface area contributed by atoms with Crippen LogP contribution in [0.3, 0.4) is 0 Å². The Morgan fingerprint density at radius 3 is 2.90 bits per heavy atom. The maximum Gasteiger partial charge on any atom is 0.312 e. The smallest absolute Gasteiger partial charge is 0.312 e. The van der Waals surface area contributed by atoms with Gasteiger partial charge in [-0.1, -0.05) is 18.2 Å². The number of carbonyl (C=O) groups is 2. The van der Waals surface area contributed by atoms with Crippen LogP contribution in [0.2, 0.25) is 0 Å². The van der Waals surface area contributed by atoms with E-state index in [0.717, 1.165) is 5.01 Å². The highest BCUT2D eigenvalue weighted by Gasteiger charge is 2.35. The minimum Gasteiger partial charge on any atom is -0.481 e. The predicted molar refractivity (Wildman–Crippen MR) is 79.6 cm³/mol. The molecule has 0 aliphatic carbocycles. The SMILES string of the molecule is O=C(O)[C@H]1CN(C(=O)CCc2nccs2)c2ccccc21. The Morgan fingerprint density at radius 2 is 2.19 bits per heavy atom. The number of hydrogen-bond donors (Lipinski definition) is 1. The number of aromatic nitrogens is 1. The third-order valence-electron chi connectivity index (χ3n) is 3.60. The third-order valence-corrected chi connectivity index (χ3v) is 4.44. The fraction of sp³-hybridized carbons (Fsp3) is 0.267. The molecule has 1 aromatic carbocycles. The van der Waals surface area contributed by atoms with E-state index < -0.39 is 11.9 Å². The normalized spacial score (nSPS) is 16.8. The lowest BCUT2D eigenvalue weighted by Gasteiger charge is -2.17. The van der Waals surface area contributed by atoms with Crippen molar-refractivity contribution in [3.63, 3.8) is 0 Å². The molecule has 0 fully saturated rings. The van der Waals surface area contributed by atoms with Crippen molar-refractivity contribution in [2.45, 2.75) is 18.8 Å².